The van der Waals surface area contributed by atoms with Gasteiger partial charge in [0, 0.05) is 25.4 Å². The quantitative estimate of drug-likeness (QED) is 0.727. The number of carbonyl (C=O) groups excluding carboxylic acids is 2. The Kier molecular flexibility index (Phi) is 4.93. The van der Waals surface area contributed by atoms with Gasteiger partial charge < -0.3 is 9.64 Å². The van der Waals surface area contributed by atoms with Gasteiger partial charge in [-0.1, -0.05) is 6.08 Å². The summed E-state index contributed by atoms with van der Waals surface area (Å²) in [5, 5.41) is 0. The second-order valence-electron chi connectivity index (χ2n) is 5.71. The number of amides is 1. The first-order valence-electron chi connectivity index (χ1n) is 6.45. The number of piperidine rings is 1. The van der Waals surface area contributed by atoms with Crippen LogP contribution in [0.2, 0.25) is 0 Å². The molecule has 0 saturated carbocycles. The molecule has 1 aliphatic rings. The van der Waals surface area contributed by atoms with Gasteiger partial charge in [-0.3, -0.25) is 4.79 Å². The van der Waals surface area contributed by atoms with Crippen LogP contribution in [-0.2, 0) is 9.53 Å². The summed E-state index contributed by atoms with van der Waals surface area (Å²) in [5.41, 5.74) is -0.491. The Balaban J connectivity index is 2.55. The molecule has 1 fully saturated rings. The minimum Gasteiger partial charge on any atom is -0.444 e. The van der Waals surface area contributed by atoms with E-state index in [1.165, 1.54) is 0 Å². The van der Waals surface area contributed by atoms with Crippen LogP contribution in [0.5, 0.6) is 0 Å². The standard InChI is InChI=1S/C14H23NO3/c1-5-6-7-11-10-15(9-8-12(11)16)13(17)18-14(2,3)4/h5,11H,1,6-10H2,2-4H3. The summed E-state index contributed by atoms with van der Waals surface area (Å²) in [7, 11) is 0. The molecule has 1 heterocycles. The van der Waals surface area contributed by atoms with Crippen molar-refractivity contribution >= 4 is 11.9 Å². The van der Waals surface area contributed by atoms with Gasteiger partial charge in [0.05, 0.1) is 0 Å². The minimum absolute atomic E-state index is 0.0655. The molecule has 0 aromatic carbocycles. The Hall–Kier alpha value is -1.32. The number of rotatable bonds is 3. The number of likely N-dealkylation sites (tertiary alicyclic amines) is 1. The van der Waals surface area contributed by atoms with E-state index in [1.54, 1.807) is 11.0 Å². The number of ketones is 1. The third-order valence-corrected chi connectivity index (χ3v) is 2.90. The number of nitrogens with zero attached hydrogens (tertiary/aromatic N) is 1. The highest BCUT2D eigenvalue weighted by Gasteiger charge is 2.31. The molecule has 0 bridgehead atoms. The van der Waals surface area contributed by atoms with Crippen LogP contribution in [0.15, 0.2) is 12.7 Å². The molecule has 0 aromatic rings. The van der Waals surface area contributed by atoms with Crippen LogP contribution in [0, 0.1) is 5.92 Å². The van der Waals surface area contributed by atoms with Crippen molar-refractivity contribution in [3.05, 3.63) is 12.7 Å². The van der Waals surface area contributed by atoms with E-state index in [2.05, 4.69) is 6.58 Å². The molecular formula is C14H23NO3. The highest BCUT2D eigenvalue weighted by Crippen LogP contribution is 2.20. The maximum absolute atomic E-state index is 11.9. The van der Waals surface area contributed by atoms with Crippen molar-refractivity contribution in [2.24, 2.45) is 5.92 Å². The molecule has 1 amide bonds. The van der Waals surface area contributed by atoms with Crippen LogP contribution in [0.1, 0.15) is 40.0 Å². The first-order valence-corrected chi connectivity index (χ1v) is 6.45. The van der Waals surface area contributed by atoms with Crippen molar-refractivity contribution in [1.82, 2.24) is 4.90 Å². The zero-order valence-electron chi connectivity index (χ0n) is 11.6. The van der Waals surface area contributed by atoms with Crippen LogP contribution < -0.4 is 0 Å². The van der Waals surface area contributed by atoms with Crippen molar-refractivity contribution in [3.8, 4) is 0 Å². The number of allylic oxidation sites excluding steroid dienone is 1. The zero-order chi connectivity index (χ0) is 13.8. The first kappa shape index (κ1) is 14.7. The van der Waals surface area contributed by atoms with Crippen molar-refractivity contribution < 1.29 is 14.3 Å². The lowest BCUT2D eigenvalue weighted by Crippen LogP contribution is -2.46. The zero-order valence-corrected chi connectivity index (χ0v) is 11.6. The van der Waals surface area contributed by atoms with Gasteiger partial charge >= 0.3 is 6.09 Å². The van der Waals surface area contributed by atoms with Gasteiger partial charge in [0.2, 0.25) is 0 Å². The summed E-state index contributed by atoms with van der Waals surface area (Å²) in [4.78, 5) is 25.3. The molecule has 1 atom stereocenters. The summed E-state index contributed by atoms with van der Waals surface area (Å²) in [5.74, 6) is 0.181. The van der Waals surface area contributed by atoms with E-state index in [0.717, 1.165) is 12.8 Å². The molecule has 4 nitrogen and oxygen atoms in total. The minimum atomic E-state index is -0.491. The van der Waals surface area contributed by atoms with Crippen LogP contribution in [0.25, 0.3) is 0 Å². The highest BCUT2D eigenvalue weighted by atomic mass is 16.6. The summed E-state index contributed by atoms with van der Waals surface area (Å²) in [6.45, 7) is 10.1. The average molecular weight is 253 g/mol. The fourth-order valence-electron chi connectivity index (χ4n) is 1.97. The number of hydrogen-bond donors (Lipinski definition) is 0. The number of carbonyl (C=O) groups is 2. The molecule has 1 aliphatic heterocycles. The summed E-state index contributed by atoms with van der Waals surface area (Å²) in [6, 6.07) is 0. The molecule has 1 unspecified atom stereocenters. The fraction of sp³-hybridized carbons (Fsp3) is 0.714. The predicted molar refractivity (Wildman–Crippen MR) is 70.4 cm³/mol. The number of Topliss-reactive ketones (excluding diaryl/α,β-unsaturated/α-hetero) is 1. The Morgan fingerprint density at radius 2 is 2.22 bits per heavy atom. The molecule has 0 aliphatic carbocycles. The molecule has 4 heteroatoms. The number of hydrogen-bond acceptors (Lipinski definition) is 3. The van der Waals surface area contributed by atoms with E-state index >= 15 is 0 Å². The van der Waals surface area contributed by atoms with Gasteiger partial charge in [0.25, 0.3) is 0 Å². The van der Waals surface area contributed by atoms with E-state index in [9.17, 15) is 9.59 Å². The Morgan fingerprint density at radius 1 is 1.56 bits per heavy atom. The van der Waals surface area contributed by atoms with Gasteiger partial charge in [-0.2, -0.15) is 0 Å². The lowest BCUT2D eigenvalue weighted by Gasteiger charge is -2.33. The van der Waals surface area contributed by atoms with E-state index in [4.69, 9.17) is 4.74 Å². The molecule has 18 heavy (non-hydrogen) atoms. The van der Waals surface area contributed by atoms with E-state index in [-0.39, 0.29) is 17.8 Å². The van der Waals surface area contributed by atoms with Crippen molar-refractivity contribution in [2.45, 2.75) is 45.6 Å². The van der Waals surface area contributed by atoms with Crippen LogP contribution in [0.3, 0.4) is 0 Å². The largest absolute Gasteiger partial charge is 0.444 e. The lowest BCUT2D eigenvalue weighted by atomic mass is 9.92. The molecular weight excluding hydrogens is 230 g/mol. The smallest absolute Gasteiger partial charge is 0.410 e. The Labute approximate surface area is 109 Å². The topological polar surface area (TPSA) is 46.6 Å². The van der Waals surface area contributed by atoms with E-state index in [1.807, 2.05) is 20.8 Å². The number of ether oxygens (including phenoxy) is 1. The van der Waals surface area contributed by atoms with Gasteiger partial charge in [-0.25, -0.2) is 4.79 Å². The second kappa shape index (κ2) is 6.03. The Morgan fingerprint density at radius 3 is 2.78 bits per heavy atom. The first-order chi connectivity index (χ1) is 8.33. The third-order valence-electron chi connectivity index (χ3n) is 2.90. The van der Waals surface area contributed by atoms with Crippen molar-refractivity contribution in [2.75, 3.05) is 13.1 Å². The maximum Gasteiger partial charge on any atom is 0.410 e. The van der Waals surface area contributed by atoms with Gasteiger partial charge in [-0.15, -0.1) is 6.58 Å². The maximum atomic E-state index is 11.9. The highest BCUT2D eigenvalue weighted by molar-refractivity contribution is 5.84. The normalized spacial score (nSPS) is 20.7. The third kappa shape index (κ3) is 4.51. The lowest BCUT2D eigenvalue weighted by molar-refractivity contribution is -0.126. The van der Waals surface area contributed by atoms with Crippen molar-refractivity contribution in [1.29, 1.82) is 0 Å². The summed E-state index contributed by atoms with van der Waals surface area (Å²) < 4.78 is 5.32. The predicted octanol–water partition coefficient (Wildman–Crippen LogP) is 2.78. The van der Waals surface area contributed by atoms with Crippen LogP contribution in [-0.4, -0.2) is 35.5 Å². The van der Waals surface area contributed by atoms with Crippen molar-refractivity contribution in [3.63, 3.8) is 0 Å². The molecule has 102 valence electrons. The summed E-state index contributed by atoms with van der Waals surface area (Å²) in [6.07, 6.45) is 3.49. The fourth-order valence-corrected chi connectivity index (χ4v) is 1.97. The van der Waals surface area contributed by atoms with Gasteiger partial charge in [-0.05, 0) is 33.6 Å². The summed E-state index contributed by atoms with van der Waals surface area (Å²) >= 11 is 0. The van der Waals surface area contributed by atoms with E-state index < -0.39 is 5.60 Å². The molecule has 1 saturated heterocycles. The Bertz CT molecular complexity index is 330. The molecule has 0 spiro atoms. The average Bonchev–Trinajstić information content (AvgIpc) is 2.25. The monoisotopic (exact) mass is 253 g/mol. The van der Waals surface area contributed by atoms with Gasteiger partial charge in [0.1, 0.15) is 11.4 Å². The second-order valence-corrected chi connectivity index (χ2v) is 5.71. The molecule has 1 rings (SSSR count). The molecule has 0 N–H and O–H groups in total. The van der Waals surface area contributed by atoms with Gasteiger partial charge in [0.15, 0.2) is 0 Å². The van der Waals surface area contributed by atoms with E-state index in [0.29, 0.717) is 19.5 Å². The molecule has 0 aromatic heterocycles. The SMILES string of the molecule is C=CCCC1CN(C(=O)OC(C)(C)C)CCC1=O. The molecule has 0 radical (unpaired) electrons. The van der Waals surface area contributed by atoms with Crippen LogP contribution in [0.4, 0.5) is 4.79 Å². The van der Waals surface area contributed by atoms with Crippen LogP contribution >= 0.6 is 0 Å².